The molecule has 1 aliphatic heterocycles. The van der Waals surface area contributed by atoms with Gasteiger partial charge in [0.25, 0.3) is 0 Å². The van der Waals surface area contributed by atoms with Crippen LogP contribution in [0.2, 0.25) is 5.02 Å². The molecule has 0 spiro atoms. The number of aromatic hydroxyl groups is 1. The molecule has 0 unspecified atom stereocenters. The van der Waals surface area contributed by atoms with Crippen molar-refractivity contribution in [1.29, 1.82) is 5.26 Å². The SMILES string of the molecule is Cc1cc(=O)oc2cc(O)c3c(c12)OC(N)=C(C#N)[C@H]3c1ccccc1Cl. The van der Waals surface area contributed by atoms with E-state index in [1.54, 1.807) is 31.2 Å². The lowest BCUT2D eigenvalue weighted by molar-refractivity contribution is 0.385. The maximum Gasteiger partial charge on any atom is 0.336 e. The van der Waals surface area contributed by atoms with Crippen LogP contribution in [0.1, 0.15) is 22.6 Å². The summed E-state index contributed by atoms with van der Waals surface area (Å²) in [5.41, 5.74) is 7.34. The van der Waals surface area contributed by atoms with Crippen LogP contribution < -0.4 is 16.1 Å². The van der Waals surface area contributed by atoms with Crippen LogP contribution in [-0.4, -0.2) is 5.11 Å². The fourth-order valence-electron chi connectivity index (χ4n) is 3.45. The van der Waals surface area contributed by atoms with Crippen LogP contribution >= 0.6 is 11.6 Å². The molecule has 134 valence electrons. The maximum atomic E-state index is 11.7. The molecule has 2 heterocycles. The molecule has 0 saturated heterocycles. The lowest BCUT2D eigenvalue weighted by atomic mass is 9.82. The number of benzene rings is 2. The number of ether oxygens (including phenoxy) is 1. The third kappa shape index (κ3) is 2.52. The molecule has 0 bridgehead atoms. The summed E-state index contributed by atoms with van der Waals surface area (Å²) in [7, 11) is 0. The highest BCUT2D eigenvalue weighted by Gasteiger charge is 2.36. The summed E-state index contributed by atoms with van der Waals surface area (Å²) >= 11 is 6.36. The fourth-order valence-corrected chi connectivity index (χ4v) is 3.70. The Kier molecular flexibility index (Phi) is 3.83. The van der Waals surface area contributed by atoms with Crippen LogP contribution in [0.4, 0.5) is 0 Å². The maximum absolute atomic E-state index is 11.7. The van der Waals surface area contributed by atoms with E-state index >= 15 is 0 Å². The first kappa shape index (κ1) is 17.0. The summed E-state index contributed by atoms with van der Waals surface area (Å²) in [5.74, 6) is -0.750. The molecule has 6 nitrogen and oxygen atoms in total. The van der Waals surface area contributed by atoms with E-state index < -0.39 is 11.5 Å². The van der Waals surface area contributed by atoms with Gasteiger partial charge in [0.15, 0.2) is 0 Å². The van der Waals surface area contributed by atoms with Crippen LogP contribution in [0, 0.1) is 18.3 Å². The topological polar surface area (TPSA) is 109 Å². The van der Waals surface area contributed by atoms with Gasteiger partial charge in [-0.25, -0.2) is 4.79 Å². The zero-order valence-corrected chi connectivity index (χ0v) is 14.9. The molecule has 1 aromatic heterocycles. The number of hydrogen-bond acceptors (Lipinski definition) is 6. The number of nitrogens with zero attached hydrogens (tertiary/aromatic N) is 1. The highest BCUT2D eigenvalue weighted by Crippen LogP contribution is 2.51. The number of allylic oxidation sites excluding steroid dienone is 1. The van der Waals surface area contributed by atoms with E-state index in [4.69, 9.17) is 26.5 Å². The number of halogens is 1. The summed E-state index contributed by atoms with van der Waals surface area (Å²) in [6.07, 6.45) is 0. The van der Waals surface area contributed by atoms with Crippen LogP contribution in [0.15, 0.2) is 57.1 Å². The largest absolute Gasteiger partial charge is 0.507 e. The van der Waals surface area contributed by atoms with Crippen LogP contribution in [-0.2, 0) is 0 Å². The Morgan fingerprint density at radius 1 is 1.30 bits per heavy atom. The minimum absolute atomic E-state index is 0.0904. The first-order valence-electron chi connectivity index (χ1n) is 8.04. The molecule has 1 atom stereocenters. The Hall–Kier alpha value is -3.43. The number of rotatable bonds is 1. The van der Waals surface area contributed by atoms with E-state index in [2.05, 4.69) is 6.07 Å². The van der Waals surface area contributed by atoms with Gasteiger partial charge in [0.1, 0.15) is 28.7 Å². The Morgan fingerprint density at radius 2 is 2.04 bits per heavy atom. The van der Waals surface area contributed by atoms with Gasteiger partial charge in [0, 0.05) is 17.2 Å². The highest BCUT2D eigenvalue weighted by molar-refractivity contribution is 6.31. The van der Waals surface area contributed by atoms with Gasteiger partial charge in [-0.2, -0.15) is 5.26 Å². The van der Waals surface area contributed by atoms with Crippen molar-refractivity contribution >= 4 is 22.6 Å². The van der Waals surface area contributed by atoms with E-state index in [1.807, 2.05) is 0 Å². The predicted molar refractivity (Wildman–Crippen MR) is 99.6 cm³/mol. The molecule has 3 N–H and O–H groups in total. The Bertz CT molecular complexity index is 1240. The van der Waals surface area contributed by atoms with Crippen LogP contribution in [0.25, 0.3) is 11.0 Å². The average Bonchev–Trinajstić information content (AvgIpc) is 2.60. The van der Waals surface area contributed by atoms with E-state index in [1.165, 1.54) is 12.1 Å². The van der Waals surface area contributed by atoms with Crippen molar-refractivity contribution in [2.45, 2.75) is 12.8 Å². The second-order valence-corrected chi connectivity index (χ2v) is 6.61. The van der Waals surface area contributed by atoms with E-state index in [0.717, 1.165) is 0 Å². The monoisotopic (exact) mass is 380 g/mol. The van der Waals surface area contributed by atoms with Crippen molar-refractivity contribution in [3.63, 3.8) is 0 Å². The molecule has 0 saturated carbocycles. The quantitative estimate of drug-likeness (QED) is 0.623. The molecular weight excluding hydrogens is 368 g/mol. The number of phenols is 1. The van der Waals surface area contributed by atoms with Gasteiger partial charge in [-0.15, -0.1) is 0 Å². The minimum Gasteiger partial charge on any atom is -0.507 e. The van der Waals surface area contributed by atoms with Gasteiger partial charge in [-0.05, 0) is 24.1 Å². The van der Waals surface area contributed by atoms with Crippen molar-refractivity contribution in [2.24, 2.45) is 5.73 Å². The van der Waals surface area contributed by atoms with E-state index in [9.17, 15) is 15.2 Å². The summed E-state index contributed by atoms with van der Waals surface area (Å²) in [6.45, 7) is 1.73. The molecular formula is C20H13ClN2O4. The molecule has 3 aromatic rings. The van der Waals surface area contributed by atoms with Gasteiger partial charge in [0.2, 0.25) is 5.88 Å². The molecule has 1 aliphatic rings. The molecule has 0 amide bonds. The second-order valence-electron chi connectivity index (χ2n) is 6.21. The molecule has 7 heteroatoms. The first-order valence-corrected chi connectivity index (χ1v) is 8.42. The summed E-state index contributed by atoms with van der Waals surface area (Å²) in [6, 6.07) is 11.7. The second kappa shape index (κ2) is 6.08. The summed E-state index contributed by atoms with van der Waals surface area (Å²) in [5, 5.41) is 21.3. The van der Waals surface area contributed by atoms with Crippen LogP contribution in [0.5, 0.6) is 11.5 Å². The van der Waals surface area contributed by atoms with Crippen molar-refractivity contribution in [3.8, 4) is 17.6 Å². The average molecular weight is 381 g/mol. The number of fused-ring (bicyclic) bond motifs is 3. The third-order valence-electron chi connectivity index (χ3n) is 4.59. The highest BCUT2D eigenvalue weighted by atomic mass is 35.5. The lowest BCUT2D eigenvalue weighted by Gasteiger charge is -2.28. The van der Waals surface area contributed by atoms with Gasteiger partial charge in [-0.1, -0.05) is 29.8 Å². The number of hydrogen-bond donors (Lipinski definition) is 2. The molecule has 4 rings (SSSR count). The lowest BCUT2D eigenvalue weighted by Crippen LogP contribution is -2.22. The number of aryl methyl sites for hydroxylation is 1. The number of phenolic OH excluding ortho intramolecular Hbond substituents is 1. The molecule has 0 fully saturated rings. The third-order valence-corrected chi connectivity index (χ3v) is 4.94. The zero-order chi connectivity index (χ0) is 19.3. The normalized spacial score (nSPS) is 16.0. The van der Waals surface area contributed by atoms with Gasteiger partial charge in [0.05, 0.1) is 16.9 Å². The first-order chi connectivity index (χ1) is 12.9. The summed E-state index contributed by atoms with van der Waals surface area (Å²) < 4.78 is 10.9. The van der Waals surface area contributed by atoms with Gasteiger partial charge in [-0.3, -0.25) is 0 Å². The van der Waals surface area contributed by atoms with Crippen molar-refractivity contribution < 1.29 is 14.3 Å². The summed E-state index contributed by atoms with van der Waals surface area (Å²) in [4.78, 5) is 11.7. The predicted octanol–water partition coefficient (Wildman–Crippen LogP) is 3.68. The van der Waals surface area contributed by atoms with Crippen molar-refractivity contribution in [3.05, 3.63) is 80.0 Å². The van der Waals surface area contributed by atoms with Gasteiger partial charge < -0.3 is 20.0 Å². The Labute approximate surface area is 158 Å². The molecule has 0 radical (unpaired) electrons. The number of nitriles is 1. The van der Waals surface area contributed by atoms with Crippen LogP contribution in [0.3, 0.4) is 0 Å². The van der Waals surface area contributed by atoms with Crippen molar-refractivity contribution in [1.82, 2.24) is 0 Å². The van der Waals surface area contributed by atoms with E-state index in [0.29, 0.717) is 27.1 Å². The molecule has 27 heavy (non-hydrogen) atoms. The zero-order valence-electron chi connectivity index (χ0n) is 14.1. The smallest absolute Gasteiger partial charge is 0.336 e. The van der Waals surface area contributed by atoms with Gasteiger partial charge >= 0.3 is 5.63 Å². The molecule has 2 aromatic carbocycles. The standard InChI is InChI=1S/C20H13ClN2O4/c1-9-6-15(25)26-14-7-13(24)18-17(10-4-2-3-5-12(10)21)11(8-22)20(23)27-19(18)16(9)14/h2-7,17,24H,23H2,1H3/t17-/m1/s1. The van der Waals surface area contributed by atoms with Crippen molar-refractivity contribution in [2.75, 3.05) is 0 Å². The number of nitrogens with two attached hydrogens (primary N) is 1. The fraction of sp³-hybridized carbons (Fsp3) is 0.100. The molecule has 0 aliphatic carbocycles. The Morgan fingerprint density at radius 3 is 2.74 bits per heavy atom. The Balaban J connectivity index is 2.15. The minimum atomic E-state index is -0.719. The van der Waals surface area contributed by atoms with E-state index in [-0.39, 0.29) is 28.5 Å².